The van der Waals surface area contributed by atoms with Crippen LogP contribution in [0, 0.1) is 22.7 Å². The van der Waals surface area contributed by atoms with Crippen molar-refractivity contribution in [1.29, 1.82) is 10.5 Å². The van der Waals surface area contributed by atoms with Crippen LogP contribution >= 0.6 is 0 Å². The van der Waals surface area contributed by atoms with Gasteiger partial charge >= 0.3 is 0 Å². The highest BCUT2D eigenvalue weighted by molar-refractivity contribution is 6.29. The number of fused-ring (bicyclic) bond motifs is 16. The summed E-state index contributed by atoms with van der Waals surface area (Å²) < 4.78 is 126. The summed E-state index contributed by atoms with van der Waals surface area (Å²) >= 11 is 0. The van der Waals surface area contributed by atoms with E-state index < -0.39 is 69.9 Å². The Morgan fingerprint density at radius 2 is 0.820 bits per heavy atom. The zero-order valence-corrected chi connectivity index (χ0v) is 25.0. The molecule has 0 unspecified atom stereocenters. The highest BCUT2D eigenvalue weighted by atomic mass is 19.3. The van der Waals surface area contributed by atoms with Gasteiger partial charge in [0.2, 0.25) is 0 Å². The Morgan fingerprint density at radius 1 is 0.460 bits per heavy atom. The van der Waals surface area contributed by atoms with Crippen LogP contribution in [0.4, 0.5) is 35.1 Å². The van der Waals surface area contributed by atoms with Crippen LogP contribution in [0.25, 0.3) is 76.2 Å². The van der Waals surface area contributed by atoms with Crippen molar-refractivity contribution in [3.63, 3.8) is 0 Å². The van der Waals surface area contributed by atoms with Gasteiger partial charge in [-0.05, 0) is 24.3 Å². The van der Waals surface area contributed by atoms with E-state index in [4.69, 9.17) is 0 Å². The van der Waals surface area contributed by atoms with Crippen molar-refractivity contribution in [3.8, 4) is 12.1 Å². The molecule has 9 aromatic rings. The molecule has 0 bridgehead atoms. The zero-order valence-electron chi connectivity index (χ0n) is 25.0. The largest absolute Gasteiger partial charge is 0.308 e. The van der Waals surface area contributed by atoms with E-state index in [-0.39, 0.29) is 21.8 Å². The summed E-state index contributed by atoms with van der Waals surface area (Å²) in [5.74, 6) is -15.6. The summed E-state index contributed by atoms with van der Waals surface area (Å²) in [6.45, 7) is 0. The SMILES string of the molecule is N#Cc1cc2c(c3c1C(F)(F)CC3(F)F)c1cccc3c4cc5c(cc4n2c31)c1cccc2c3c4c(c(C#N)cc3n5c12)C(F)(F)CC4(F)F. The molecular weight excluding hydrogens is 664 g/mol. The number of halogens is 8. The number of nitrogens with zero attached hydrogens (tertiary/aromatic N) is 4. The molecule has 11 rings (SSSR count). The van der Waals surface area contributed by atoms with E-state index in [9.17, 15) is 10.5 Å². The minimum atomic E-state index is -3.91. The van der Waals surface area contributed by atoms with Gasteiger partial charge in [0.05, 0.1) is 69.2 Å². The first-order valence-electron chi connectivity index (χ1n) is 15.5. The molecule has 242 valence electrons. The van der Waals surface area contributed by atoms with Crippen molar-refractivity contribution in [3.05, 3.63) is 94.0 Å². The molecule has 4 heterocycles. The molecular formula is C38H14F8N4. The van der Waals surface area contributed by atoms with Gasteiger partial charge in [-0.25, -0.2) is 35.1 Å². The lowest BCUT2D eigenvalue weighted by Gasteiger charge is -2.13. The lowest BCUT2D eigenvalue weighted by atomic mass is 9.95. The maximum absolute atomic E-state index is 15.5. The van der Waals surface area contributed by atoms with Crippen molar-refractivity contribution in [1.82, 2.24) is 8.80 Å². The van der Waals surface area contributed by atoms with Crippen molar-refractivity contribution in [2.45, 2.75) is 36.5 Å². The third-order valence-electron chi connectivity index (χ3n) is 10.9. The summed E-state index contributed by atoms with van der Waals surface area (Å²) in [6.07, 6.45) is -3.48. The molecule has 0 atom stereocenters. The van der Waals surface area contributed by atoms with Gasteiger partial charge < -0.3 is 8.80 Å². The van der Waals surface area contributed by atoms with E-state index in [1.165, 1.54) is 12.1 Å². The number of hydrogen-bond acceptors (Lipinski definition) is 2. The Hall–Kier alpha value is -5.88. The Kier molecular flexibility index (Phi) is 4.45. The number of rotatable bonds is 0. The van der Waals surface area contributed by atoms with E-state index in [2.05, 4.69) is 0 Å². The summed E-state index contributed by atoms with van der Waals surface area (Å²) in [5.41, 5.74) is -2.36. The molecule has 12 heteroatoms. The first kappa shape index (κ1) is 28.0. The maximum atomic E-state index is 15.5. The number of nitriles is 2. The van der Waals surface area contributed by atoms with Crippen LogP contribution < -0.4 is 0 Å². The topological polar surface area (TPSA) is 56.4 Å². The fourth-order valence-corrected chi connectivity index (χ4v) is 9.34. The van der Waals surface area contributed by atoms with Gasteiger partial charge in [0, 0.05) is 65.3 Å². The second kappa shape index (κ2) is 7.95. The normalized spacial score (nSPS) is 18.8. The van der Waals surface area contributed by atoms with Crippen molar-refractivity contribution in [2.75, 3.05) is 0 Å². The van der Waals surface area contributed by atoms with Gasteiger partial charge in [-0.2, -0.15) is 10.5 Å². The van der Waals surface area contributed by atoms with Crippen molar-refractivity contribution >= 4 is 76.2 Å². The van der Waals surface area contributed by atoms with Crippen LogP contribution in [0.3, 0.4) is 0 Å². The quantitative estimate of drug-likeness (QED) is 0.150. The summed E-state index contributed by atoms with van der Waals surface area (Å²) in [6, 6.07) is 19.4. The Balaban J connectivity index is 1.35. The van der Waals surface area contributed by atoms with Gasteiger partial charge in [-0.1, -0.05) is 36.4 Å². The molecule has 50 heavy (non-hydrogen) atoms. The number of para-hydroxylation sites is 2. The fourth-order valence-electron chi connectivity index (χ4n) is 9.34. The fraction of sp³-hybridized carbons (Fsp3) is 0.158. The summed E-state index contributed by atoms with van der Waals surface area (Å²) in [5, 5.41) is 22.7. The monoisotopic (exact) mass is 678 g/mol. The van der Waals surface area contributed by atoms with Gasteiger partial charge in [0.15, 0.2) is 0 Å². The van der Waals surface area contributed by atoms with Gasteiger partial charge in [-0.15, -0.1) is 0 Å². The predicted octanol–water partition coefficient (Wildman–Crippen LogP) is 10.9. The second-order valence-corrected chi connectivity index (χ2v) is 13.5. The highest BCUT2D eigenvalue weighted by Crippen LogP contribution is 2.60. The van der Waals surface area contributed by atoms with Crippen LogP contribution in [-0.4, -0.2) is 8.80 Å². The molecule has 0 saturated carbocycles. The molecule has 5 aromatic carbocycles. The van der Waals surface area contributed by atoms with E-state index in [0.717, 1.165) is 0 Å². The lowest BCUT2D eigenvalue weighted by Crippen LogP contribution is -2.13. The van der Waals surface area contributed by atoms with E-state index in [0.29, 0.717) is 54.4 Å². The molecule has 4 aromatic heterocycles. The van der Waals surface area contributed by atoms with Crippen LogP contribution in [0.1, 0.15) is 46.2 Å². The predicted molar refractivity (Wildman–Crippen MR) is 170 cm³/mol. The minimum absolute atomic E-state index is 0.0563. The number of aromatic nitrogens is 2. The molecule has 0 radical (unpaired) electrons. The van der Waals surface area contributed by atoms with E-state index >= 15 is 35.1 Å². The Bertz CT molecular complexity index is 2970. The third-order valence-corrected chi connectivity index (χ3v) is 10.9. The first-order valence-corrected chi connectivity index (χ1v) is 15.5. The number of benzene rings is 5. The van der Waals surface area contributed by atoms with Crippen molar-refractivity contribution < 1.29 is 35.1 Å². The summed E-state index contributed by atoms with van der Waals surface area (Å²) in [4.78, 5) is 0. The standard InChI is InChI=1S/C38H14F8N4/c39-35(40)13-37(43,44)31-27-19-5-1-3-17-21-9-24-22(10-23(21)49(33(17)19)25(27)7-15(11-47)29(31)35)18-4-2-6-20-28-26(50(24)34(18)20)8-16(12-48)30-32(28)38(45,46)14-36(30,41)42/h1-10H,13-14H2. The van der Waals surface area contributed by atoms with Crippen LogP contribution in [0.5, 0.6) is 0 Å². The van der Waals surface area contributed by atoms with E-state index in [1.807, 2.05) is 0 Å². The smallest absolute Gasteiger partial charge is 0.281 e. The second-order valence-electron chi connectivity index (χ2n) is 13.5. The first-order chi connectivity index (χ1) is 23.7. The lowest BCUT2D eigenvalue weighted by molar-refractivity contribution is -0.0931. The summed E-state index contributed by atoms with van der Waals surface area (Å²) in [7, 11) is 0. The molecule has 0 aliphatic heterocycles. The molecule has 0 saturated heterocycles. The number of alkyl halides is 8. The molecule has 2 aliphatic carbocycles. The Labute approximate surface area is 273 Å². The molecule has 0 N–H and O–H groups in total. The average Bonchev–Trinajstić information content (AvgIpc) is 3.83. The van der Waals surface area contributed by atoms with E-state index in [1.54, 1.807) is 69.5 Å². The van der Waals surface area contributed by atoms with Crippen LogP contribution in [0.2, 0.25) is 0 Å². The molecule has 0 amide bonds. The highest BCUT2D eigenvalue weighted by Gasteiger charge is 2.59. The maximum Gasteiger partial charge on any atom is 0.281 e. The minimum Gasteiger partial charge on any atom is -0.308 e. The average molecular weight is 679 g/mol. The van der Waals surface area contributed by atoms with Crippen LogP contribution in [0.15, 0.2) is 60.7 Å². The molecule has 2 aliphatic rings. The van der Waals surface area contributed by atoms with Gasteiger partial charge in [0.25, 0.3) is 23.7 Å². The van der Waals surface area contributed by atoms with Crippen LogP contribution in [-0.2, 0) is 23.7 Å². The van der Waals surface area contributed by atoms with Gasteiger partial charge in [-0.3, -0.25) is 0 Å². The van der Waals surface area contributed by atoms with Crippen molar-refractivity contribution in [2.24, 2.45) is 0 Å². The Morgan fingerprint density at radius 3 is 1.20 bits per heavy atom. The third kappa shape index (κ3) is 2.85. The zero-order chi connectivity index (χ0) is 34.6. The molecule has 0 spiro atoms. The van der Waals surface area contributed by atoms with Gasteiger partial charge in [0.1, 0.15) is 0 Å². The molecule has 0 fully saturated rings. The molecule has 4 nitrogen and oxygen atoms in total. The number of hydrogen-bond donors (Lipinski definition) is 0.